The molecule has 15 heteroatoms. The Bertz CT molecular complexity index is 1730. The van der Waals surface area contributed by atoms with E-state index in [1.807, 2.05) is 6.07 Å². The minimum absolute atomic E-state index is 0.0187. The van der Waals surface area contributed by atoms with Crippen LogP contribution in [0, 0.1) is 11.6 Å². The van der Waals surface area contributed by atoms with Crippen molar-refractivity contribution in [1.29, 1.82) is 0 Å². The molecule has 1 fully saturated rings. The number of carbonyl (C=O) groups excluding carboxylic acids is 1. The van der Waals surface area contributed by atoms with E-state index in [1.165, 1.54) is 31.0 Å². The number of alkyl halides is 2. The van der Waals surface area contributed by atoms with Crippen LogP contribution >= 0.6 is 11.8 Å². The van der Waals surface area contributed by atoms with Gasteiger partial charge in [0.05, 0.1) is 12.7 Å². The Hall–Kier alpha value is -4.50. The van der Waals surface area contributed by atoms with Crippen molar-refractivity contribution in [3.8, 4) is 28.6 Å². The zero-order chi connectivity index (χ0) is 33.0. The number of amides is 1. The maximum absolute atomic E-state index is 15.5. The van der Waals surface area contributed by atoms with Crippen molar-refractivity contribution < 1.29 is 31.8 Å². The largest absolute Gasteiger partial charge is 0.497 e. The number of piperazine rings is 1. The summed E-state index contributed by atoms with van der Waals surface area (Å²) in [6.07, 6.45) is 2.07. The Kier molecular flexibility index (Phi) is 10.2. The third-order valence-corrected chi connectivity index (χ3v) is 8.17. The quantitative estimate of drug-likeness (QED) is 0.228. The molecule has 1 saturated heterocycles. The second-order valence-electron chi connectivity index (χ2n) is 10.4. The molecule has 10 nitrogen and oxygen atoms in total. The smallest absolute Gasteiger partial charge is 0.387 e. The van der Waals surface area contributed by atoms with E-state index in [0.29, 0.717) is 5.82 Å². The Morgan fingerprint density at radius 3 is 2.26 bits per heavy atom. The standard InChI is InChI=1S/C31H32F4N6O4S/c1-38-28(26-22(32)17-21(44-2)18-23(26)33)27(37-29(42)19-7-9-20(10-8-19)45-31(34)35)30(43)41(38)25-6-4-5-24(36-25)40-13-11-39(12-14-40)15-16-46-3/h4-10,17-18,31H,11-16H2,1-3H3,(H,37,42). The van der Waals surface area contributed by atoms with Gasteiger partial charge in [-0.05, 0) is 42.7 Å². The lowest BCUT2D eigenvalue weighted by molar-refractivity contribution is -0.0498. The number of ether oxygens (including phenoxy) is 2. The van der Waals surface area contributed by atoms with E-state index in [-0.39, 0.29) is 28.6 Å². The average Bonchev–Trinajstić information content (AvgIpc) is 3.28. The van der Waals surface area contributed by atoms with Crippen LogP contribution in [-0.4, -0.2) is 83.6 Å². The molecule has 0 aliphatic carbocycles. The van der Waals surface area contributed by atoms with Gasteiger partial charge in [-0.3, -0.25) is 19.2 Å². The van der Waals surface area contributed by atoms with Gasteiger partial charge in [0.1, 0.15) is 40.3 Å². The molecule has 3 heterocycles. The minimum atomic E-state index is -3.05. The highest BCUT2D eigenvalue weighted by molar-refractivity contribution is 7.98. The first-order valence-corrected chi connectivity index (χ1v) is 15.7. The van der Waals surface area contributed by atoms with Gasteiger partial charge in [0, 0.05) is 63.2 Å². The Morgan fingerprint density at radius 1 is 1.00 bits per heavy atom. The first-order chi connectivity index (χ1) is 22.1. The van der Waals surface area contributed by atoms with Crippen LogP contribution in [0.2, 0.25) is 0 Å². The van der Waals surface area contributed by atoms with E-state index in [4.69, 9.17) is 9.72 Å². The summed E-state index contributed by atoms with van der Waals surface area (Å²) < 4.78 is 67.7. The normalized spacial score (nSPS) is 13.7. The van der Waals surface area contributed by atoms with Gasteiger partial charge < -0.3 is 19.7 Å². The fourth-order valence-corrected chi connectivity index (χ4v) is 5.70. The fraction of sp³-hybridized carbons (Fsp3) is 0.323. The SMILES string of the molecule is COc1cc(F)c(-c2c(NC(=O)c3ccc(OC(F)F)cc3)c(=O)n(-c3cccc(N4CCN(CCSC)CC4)n3)n2C)c(F)c1. The molecule has 1 amide bonds. The summed E-state index contributed by atoms with van der Waals surface area (Å²) in [5.74, 6) is -1.32. The fourth-order valence-electron chi connectivity index (χ4n) is 5.26. The number of aromatic nitrogens is 3. The average molecular weight is 661 g/mol. The van der Waals surface area contributed by atoms with Crippen molar-refractivity contribution in [3.63, 3.8) is 0 Å². The number of benzene rings is 2. The number of nitrogens with one attached hydrogen (secondary N) is 1. The molecule has 1 aliphatic heterocycles. The summed E-state index contributed by atoms with van der Waals surface area (Å²) in [5.41, 5.74) is -2.08. The molecule has 5 rings (SSSR count). The lowest BCUT2D eigenvalue weighted by Crippen LogP contribution is -2.47. The third kappa shape index (κ3) is 6.99. The van der Waals surface area contributed by atoms with Gasteiger partial charge in [-0.25, -0.2) is 13.8 Å². The van der Waals surface area contributed by atoms with Crippen LogP contribution in [0.15, 0.2) is 59.4 Å². The number of carbonyl (C=O) groups is 1. The summed E-state index contributed by atoms with van der Waals surface area (Å²) in [4.78, 5) is 36.5. The van der Waals surface area contributed by atoms with Crippen LogP contribution < -0.4 is 25.2 Å². The van der Waals surface area contributed by atoms with Crippen LogP contribution in [-0.2, 0) is 7.05 Å². The number of methoxy groups -OCH3 is 1. The topological polar surface area (TPSA) is 93.9 Å². The first kappa shape index (κ1) is 32.9. The second kappa shape index (κ2) is 14.3. The number of halogens is 4. The number of nitrogens with zero attached hydrogens (tertiary/aromatic N) is 5. The van der Waals surface area contributed by atoms with Crippen molar-refractivity contribution in [2.24, 2.45) is 7.05 Å². The van der Waals surface area contributed by atoms with E-state index in [2.05, 4.69) is 26.1 Å². The number of rotatable bonds is 11. The van der Waals surface area contributed by atoms with Crippen molar-refractivity contribution in [2.45, 2.75) is 6.61 Å². The number of pyridine rings is 1. The number of hydrogen-bond acceptors (Lipinski definition) is 8. The van der Waals surface area contributed by atoms with Crippen LogP contribution in [0.25, 0.3) is 17.1 Å². The maximum atomic E-state index is 15.5. The van der Waals surface area contributed by atoms with Gasteiger partial charge in [-0.15, -0.1) is 0 Å². The summed E-state index contributed by atoms with van der Waals surface area (Å²) in [7, 11) is 2.68. The lowest BCUT2D eigenvalue weighted by atomic mass is 10.1. The van der Waals surface area contributed by atoms with Crippen LogP contribution in [0.1, 0.15) is 10.4 Å². The van der Waals surface area contributed by atoms with Gasteiger partial charge in [-0.2, -0.15) is 25.2 Å². The van der Waals surface area contributed by atoms with Crippen molar-refractivity contribution in [1.82, 2.24) is 19.2 Å². The molecule has 2 aromatic heterocycles. The van der Waals surface area contributed by atoms with Gasteiger partial charge in [0.2, 0.25) is 0 Å². The van der Waals surface area contributed by atoms with E-state index in [9.17, 15) is 18.4 Å². The van der Waals surface area contributed by atoms with Crippen molar-refractivity contribution >= 4 is 29.2 Å². The molecule has 2 aromatic carbocycles. The summed E-state index contributed by atoms with van der Waals surface area (Å²) in [5, 5.41) is 2.48. The second-order valence-corrected chi connectivity index (χ2v) is 11.3. The number of anilines is 2. The van der Waals surface area contributed by atoms with E-state index >= 15 is 8.78 Å². The minimum Gasteiger partial charge on any atom is -0.497 e. The Balaban J connectivity index is 1.55. The predicted octanol–water partition coefficient (Wildman–Crippen LogP) is 4.86. The van der Waals surface area contributed by atoms with Gasteiger partial charge in [0.15, 0.2) is 5.82 Å². The van der Waals surface area contributed by atoms with Crippen LogP contribution in [0.5, 0.6) is 11.5 Å². The molecule has 0 bridgehead atoms. The molecule has 0 spiro atoms. The van der Waals surface area contributed by atoms with Gasteiger partial charge >= 0.3 is 6.61 Å². The molecule has 0 atom stereocenters. The lowest BCUT2D eigenvalue weighted by Gasteiger charge is -2.35. The Labute approximate surface area is 266 Å². The molecular formula is C31H32F4N6O4S. The number of hydrogen-bond donors (Lipinski definition) is 1. The Morgan fingerprint density at radius 2 is 1.65 bits per heavy atom. The first-order valence-electron chi connectivity index (χ1n) is 14.3. The zero-order valence-electron chi connectivity index (χ0n) is 25.3. The van der Waals surface area contributed by atoms with E-state index < -0.39 is 41.0 Å². The van der Waals surface area contributed by atoms with Crippen molar-refractivity contribution in [2.75, 3.05) is 62.1 Å². The van der Waals surface area contributed by atoms with E-state index in [0.717, 1.165) is 67.4 Å². The third-order valence-electron chi connectivity index (χ3n) is 7.58. The molecule has 0 unspecified atom stereocenters. The summed E-state index contributed by atoms with van der Waals surface area (Å²) in [6.45, 7) is 1.08. The highest BCUT2D eigenvalue weighted by Crippen LogP contribution is 2.34. The summed E-state index contributed by atoms with van der Waals surface area (Å²) in [6, 6.07) is 11.8. The monoisotopic (exact) mass is 660 g/mol. The van der Waals surface area contributed by atoms with Crippen LogP contribution in [0.3, 0.4) is 0 Å². The van der Waals surface area contributed by atoms with Gasteiger partial charge in [-0.1, -0.05) is 6.07 Å². The van der Waals surface area contributed by atoms with E-state index in [1.54, 1.807) is 23.9 Å². The molecule has 244 valence electrons. The predicted molar refractivity (Wildman–Crippen MR) is 169 cm³/mol. The molecule has 4 aromatic rings. The molecule has 46 heavy (non-hydrogen) atoms. The van der Waals surface area contributed by atoms with Gasteiger partial charge in [0.25, 0.3) is 11.5 Å². The summed E-state index contributed by atoms with van der Waals surface area (Å²) >= 11 is 1.79. The zero-order valence-corrected chi connectivity index (χ0v) is 26.1. The highest BCUT2D eigenvalue weighted by atomic mass is 32.2. The maximum Gasteiger partial charge on any atom is 0.387 e. The molecule has 0 radical (unpaired) electrons. The van der Waals surface area contributed by atoms with Crippen molar-refractivity contribution in [3.05, 3.63) is 82.1 Å². The molecule has 0 saturated carbocycles. The van der Waals surface area contributed by atoms with Crippen LogP contribution in [0.4, 0.5) is 29.1 Å². The molecule has 1 aliphatic rings. The highest BCUT2D eigenvalue weighted by Gasteiger charge is 2.28. The molecule has 1 N–H and O–H groups in total. The molecular weight excluding hydrogens is 628 g/mol. The number of thioether (sulfide) groups is 1.